The van der Waals surface area contributed by atoms with Crippen LogP contribution in [0.15, 0.2) is 11.8 Å². The third-order valence-electron chi connectivity index (χ3n) is 1.19. The summed E-state index contributed by atoms with van der Waals surface area (Å²) >= 11 is 0. The summed E-state index contributed by atoms with van der Waals surface area (Å²) in [5.74, 6) is -0.301. The zero-order valence-corrected chi connectivity index (χ0v) is 7.92. The van der Waals surface area contributed by atoms with Crippen molar-refractivity contribution in [3.05, 3.63) is 11.8 Å². The molecule has 0 aromatic rings. The monoisotopic (exact) mass is 172 g/mol. The Kier molecular flexibility index (Phi) is 6.15. The van der Waals surface area contributed by atoms with Crippen molar-refractivity contribution in [1.82, 2.24) is 0 Å². The van der Waals surface area contributed by atoms with E-state index < -0.39 is 0 Å². The van der Waals surface area contributed by atoms with E-state index in [1.54, 1.807) is 6.92 Å². The smallest absolute Gasteiger partial charge is 0.336 e. The van der Waals surface area contributed by atoms with Crippen LogP contribution in [0.4, 0.5) is 0 Å². The summed E-state index contributed by atoms with van der Waals surface area (Å²) in [5, 5.41) is 0. The Labute approximate surface area is 73.4 Å². The van der Waals surface area contributed by atoms with Gasteiger partial charge in [0.05, 0.1) is 25.0 Å². The van der Waals surface area contributed by atoms with E-state index in [1.807, 2.05) is 13.8 Å². The van der Waals surface area contributed by atoms with Gasteiger partial charge >= 0.3 is 5.97 Å². The fourth-order valence-corrected chi connectivity index (χ4v) is 0.565. The molecule has 0 aromatic carbocycles. The summed E-state index contributed by atoms with van der Waals surface area (Å²) < 4.78 is 9.80. The SMILES string of the molecule is CCCOC(=O)/C(C)=C/OCC. The molecule has 0 amide bonds. The Morgan fingerprint density at radius 2 is 2.08 bits per heavy atom. The number of carbonyl (C=O) groups excluding carboxylic acids is 1. The van der Waals surface area contributed by atoms with Crippen LogP contribution in [-0.2, 0) is 14.3 Å². The first kappa shape index (κ1) is 11.0. The molecule has 70 valence electrons. The molecule has 0 atom stereocenters. The molecule has 0 bridgehead atoms. The molecule has 0 unspecified atom stereocenters. The highest BCUT2D eigenvalue weighted by molar-refractivity contribution is 5.87. The topological polar surface area (TPSA) is 35.5 Å². The molecular weight excluding hydrogens is 156 g/mol. The van der Waals surface area contributed by atoms with Crippen LogP contribution in [0.3, 0.4) is 0 Å². The Morgan fingerprint density at radius 1 is 1.42 bits per heavy atom. The van der Waals surface area contributed by atoms with Gasteiger partial charge in [-0.15, -0.1) is 0 Å². The van der Waals surface area contributed by atoms with E-state index in [9.17, 15) is 4.79 Å². The van der Waals surface area contributed by atoms with Crippen molar-refractivity contribution in [3.8, 4) is 0 Å². The van der Waals surface area contributed by atoms with Gasteiger partial charge in [-0.05, 0) is 20.3 Å². The van der Waals surface area contributed by atoms with E-state index in [1.165, 1.54) is 6.26 Å². The highest BCUT2D eigenvalue weighted by atomic mass is 16.5. The number of hydrogen-bond donors (Lipinski definition) is 0. The van der Waals surface area contributed by atoms with Gasteiger partial charge < -0.3 is 9.47 Å². The van der Waals surface area contributed by atoms with Crippen LogP contribution in [0.5, 0.6) is 0 Å². The van der Waals surface area contributed by atoms with Crippen LogP contribution in [0.2, 0.25) is 0 Å². The summed E-state index contributed by atoms with van der Waals surface area (Å²) in [5.41, 5.74) is 0.505. The first-order valence-corrected chi connectivity index (χ1v) is 4.17. The molecule has 0 aliphatic carbocycles. The van der Waals surface area contributed by atoms with E-state index >= 15 is 0 Å². The number of rotatable bonds is 5. The number of hydrogen-bond acceptors (Lipinski definition) is 3. The van der Waals surface area contributed by atoms with Gasteiger partial charge in [0.1, 0.15) is 0 Å². The van der Waals surface area contributed by atoms with Crippen molar-refractivity contribution >= 4 is 5.97 Å². The molecule has 12 heavy (non-hydrogen) atoms. The molecule has 3 heteroatoms. The van der Waals surface area contributed by atoms with E-state index in [2.05, 4.69) is 0 Å². The van der Waals surface area contributed by atoms with Gasteiger partial charge in [0.25, 0.3) is 0 Å². The third kappa shape index (κ3) is 4.77. The number of esters is 1. The van der Waals surface area contributed by atoms with Gasteiger partial charge in [-0.2, -0.15) is 0 Å². The van der Waals surface area contributed by atoms with Crippen LogP contribution in [0.25, 0.3) is 0 Å². The lowest BCUT2D eigenvalue weighted by Crippen LogP contribution is -2.06. The summed E-state index contributed by atoms with van der Waals surface area (Å²) in [7, 11) is 0. The minimum absolute atomic E-state index is 0.301. The largest absolute Gasteiger partial charge is 0.501 e. The van der Waals surface area contributed by atoms with Gasteiger partial charge in [-0.1, -0.05) is 6.92 Å². The molecule has 0 saturated carbocycles. The minimum atomic E-state index is -0.301. The van der Waals surface area contributed by atoms with Gasteiger partial charge in [0.15, 0.2) is 0 Å². The molecule has 0 radical (unpaired) electrons. The van der Waals surface area contributed by atoms with Gasteiger partial charge in [0, 0.05) is 0 Å². The quantitative estimate of drug-likeness (QED) is 0.361. The Bertz CT molecular complexity index is 161. The molecular formula is C9H16O3. The van der Waals surface area contributed by atoms with E-state index in [4.69, 9.17) is 9.47 Å². The van der Waals surface area contributed by atoms with Crippen LogP contribution in [0, 0.1) is 0 Å². The van der Waals surface area contributed by atoms with Crippen LogP contribution >= 0.6 is 0 Å². The van der Waals surface area contributed by atoms with Gasteiger partial charge in [-0.25, -0.2) is 4.79 Å². The lowest BCUT2D eigenvalue weighted by Gasteiger charge is -2.02. The van der Waals surface area contributed by atoms with Crippen molar-refractivity contribution in [1.29, 1.82) is 0 Å². The fourth-order valence-electron chi connectivity index (χ4n) is 0.565. The van der Waals surface area contributed by atoms with E-state index in [0.29, 0.717) is 18.8 Å². The molecule has 0 aliphatic rings. The molecule has 0 fully saturated rings. The van der Waals surface area contributed by atoms with Crippen molar-refractivity contribution < 1.29 is 14.3 Å². The highest BCUT2D eigenvalue weighted by Gasteiger charge is 2.04. The lowest BCUT2D eigenvalue weighted by molar-refractivity contribution is -0.139. The molecule has 0 aromatic heterocycles. The second-order valence-corrected chi connectivity index (χ2v) is 2.39. The maximum Gasteiger partial charge on any atom is 0.336 e. The summed E-state index contributed by atoms with van der Waals surface area (Å²) in [6.45, 7) is 6.53. The molecule has 3 nitrogen and oxygen atoms in total. The molecule has 0 spiro atoms. The molecule has 0 rings (SSSR count). The van der Waals surface area contributed by atoms with E-state index in [0.717, 1.165) is 6.42 Å². The number of ether oxygens (including phenoxy) is 2. The predicted molar refractivity (Wildman–Crippen MR) is 46.6 cm³/mol. The molecule has 0 saturated heterocycles. The third-order valence-corrected chi connectivity index (χ3v) is 1.19. The van der Waals surface area contributed by atoms with Crippen LogP contribution in [-0.4, -0.2) is 19.2 Å². The zero-order valence-electron chi connectivity index (χ0n) is 7.92. The normalized spacial score (nSPS) is 11.1. The molecule has 0 N–H and O–H groups in total. The highest BCUT2D eigenvalue weighted by Crippen LogP contribution is 1.97. The van der Waals surface area contributed by atoms with Crippen molar-refractivity contribution in [3.63, 3.8) is 0 Å². The maximum atomic E-state index is 11.0. The fraction of sp³-hybridized carbons (Fsp3) is 0.667. The zero-order chi connectivity index (χ0) is 9.40. The number of carbonyl (C=O) groups is 1. The Morgan fingerprint density at radius 3 is 2.58 bits per heavy atom. The lowest BCUT2D eigenvalue weighted by atomic mass is 10.3. The van der Waals surface area contributed by atoms with Crippen molar-refractivity contribution in [2.24, 2.45) is 0 Å². The van der Waals surface area contributed by atoms with Crippen LogP contribution < -0.4 is 0 Å². The average molecular weight is 172 g/mol. The van der Waals surface area contributed by atoms with Crippen molar-refractivity contribution in [2.45, 2.75) is 27.2 Å². The average Bonchev–Trinajstić information content (AvgIpc) is 2.10. The first-order valence-electron chi connectivity index (χ1n) is 4.17. The molecule has 0 aliphatic heterocycles. The minimum Gasteiger partial charge on any atom is -0.501 e. The predicted octanol–water partition coefficient (Wildman–Crippen LogP) is 1.88. The second-order valence-electron chi connectivity index (χ2n) is 2.39. The van der Waals surface area contributed by atoms with Gasteiger partial charge in [-0.3, -0.25) is 0 Å². The summed E-state index contributed by atoms with van der Waals surface area (Å²) in [6.07, 6.45) is 2.27. The standard InChI is InChI=1S/C9H16O3/c1-4-6-12-9(10)8(3)7-11-5-2/h7H,4-6H2,1-3H3/b8-7+. The summed E-state index contributed by atoms with van der Waals surface area (Å²) in [4.78, 5) is 11.0. The second kappa shape index (κ2) is 6.70. The first-order chi connectivity index (χ1) is 5.72. The Hall–Kier alpha value is -0.990. The van der Waals surface area contributed by atoms with Crippen LogP contribution in [0.1, 0.15) is 27.2 Å². The maximum absolute atomic E-state index is 11.0. The summed E-state index contributed by atoms with van der Waals surface area (Å²) in [6, 6.07) is 0. The Balaban J connectivity index is 3.75. The molecule has 0 heterocycles. The van der Waals surface area contributed by atoms with Crippen molar-refractivity contribution in [2.75, 3.05) is 13.2 Å². The van der Waals surface area contributed by atoms with E-state index in [-0.39, 0.29) is 5.97 Å². The van der Waals surface area contributed by atoms with Gasteiger partial charge in [0.2, 0.25) is 0 Å².